The van der Waals surface area contributed by atoms with Crippen molar-refractivity contribution in [1.82, 2.24) is 5.32 Å². The molecule has 1 aromatic carbocycles. The molecule has 0 aromatic heterocycles. The molecule has 3 N–H and O–H groups in total. The lowest BCUT2D eigenvalue weighted by Gasteiger charge is -2.12. The molecule has 0 aliphatic rings. The van der Waals surface area contributed by atoms with Crippen molar-refractivity contribution in [2.45, 2.75) is 25.3 Å². The third-order valence-electron chi connectivity index (χ3n) is 2.94. The van der Waals surface area contributed by atoms with Gasteiger partial charge in [0.1, 0.15) is 0 Å². The highest BCUT2D eigenvalue weighted by molar-refractivity contribution is 5.81. The third kappa shape index (κ3) is 7.07. The van der Waals surface area contributed by atoms with Gasteiger partial charge in [-0.3, -0.25) is 4.79 Å². The number of carbonyl (C=O) groups is 1. The number of hydrogen-bond acceptors (Lipinski definition) is 3. The normalized spacial score (nSPS) is 11.8. The van der Waals surface area contributed by atoms with Gasteiger partial charge in [-0.15, -0.1) is 6.58 Å². The minimum atomic E-state index is -0.469. The van der Waals surface area contributed by atoms with Crippen molar-refractivity contribution in [2.75, 3.05) is 19.8 Å². The molecule has 0 aliphatic heterocycles. The average Bonchev–Trinajstić information content (AvgIpc) is 2.49. The van der Waals surface area contributed by atoms with Crippen LogP contribution in [0, 0.1) is 0 Å². The van der Waals surface area contributed by atoms with E-state index in [9.17, 15) is 4.79 Å². The Bertz CT molecular complexity index is 393. The summed E-state index contributed by atoms with van der Waals surface area (Å²) in [5.74, 6) is -0.117. The van der Waals surface area contributed by atoms with E-state index in [1.54, 1.807) is 6.08 Å². The molecule has 1 amide bonds. The van der Waals surface area contributed by atoms with Crippen molar-refractivity contribution in [3.63, 3.8) is 0 Å². The summed E-state index contributed by atoms with van der Waals surface area (Å²) in [7, 11) is 0. The highest BCUT2D eigenvalue weighted by Gasteiger charge is 2.12. The molecule has 0 bridgehead atoms. The first-order valence-corrected chi connectivity index (χ1v) is 7.00. The molecule has 1 aromatic rings. The van der Waals surface area contributed by atoms with Crippen molar-refractivity contribution < 1.29 is 9.53 Å². The predicted octanol–water partition coefficient (Wildman–Crippen LogP) is 1.66. The Morgan fingerprint density at radius 2 is 2.10 bits per heavy atom. The van der Waals surface area contributed by atoms with Gasteiger partial charge in [0.05, 0.1) is 19.3 Å². The van der Waals surface area contributed by atoms with E-state index in [0.29, 0.717) is 26.2 Å². The molecular formula is C16H24N2O2. The van der Waals surface area contributed by atoms with E-state index in [4.69, 9.17) is 10.5 Å². The monoisotopic (exact) mass is 276 g/mol. The van der Waals surface area contributed by atoms with E-state index in [-0.39, 0.29) is 5.91 Å². The number of rotatable bonds is 10. The Morgan fingerprint density at radius 3 is 2.80 bits per heavy atom. The molecule has 1 rings (SSSR count). The number of ether oxygens (including phenoxy) is 1. The van der Waals surface area contributed by atoms with Crippen molar-refractivity contribution >= 4 is 5.91 Å². The van der Waals surface area contributed by atoms with Crippen molar-refractivity contribution in [3.8, 4) is 0 Å². The summed E-state index contributed by atoms with van der Waals surface area (Å²) in [6, 6.07) is 9.56. The molecule has 0 radical (unpaired) electrons. The summed E-state index contributed by atoms with van der Waals surface area (Å²) >= 11 is 0. The van der Waals surface area contributed by atoms with Gasteiger partial charge in [-0.05, 0) is 24.8 Å². The zero-order valence-corrected chi connectivity index (χ0v) is 11.9. The lowest BCUT2D eigenvalue weighted by molar-refractivity contribution is -0.122. The molecule has 0 spiro atoms. The van der Waals surface area contributed by atoms with Gasteiger partial charge in [-0.1, -0.05) is 36.4 Å². The zero-order chi connectivity index (χ0) is 14.6. The highest BCUT2D eigenvalue weighted by atomic mass is 16.5. The molecule has 4 nitrogen and oxygen atoms in total. The first-order valence-electron chi connectivity index (χ1n) is 7.00. The van der Waals surface area contributed by atoms with Crippen LogP contribution < -0.4 is 11.1 Å². The number of amides is 1. The minimum Gasteiger partial charge on any atom is -0.379 e. The fourth-order valence-corrected chi connectivity index (χ4v) is 1.74. The van der Waals surface area contributed by atoms with Crippen molar-refractivity contribution in [3.05, 3.63) is 48.6 Å². The Balaban J connectivity index is 2.11. The Kier molecular flexibility index (Phi) is 8.35. The van der Waals surface area contributed by atoms with Gasteiger partial charge < -0.3 is 15.8 Å². The topological polar surface area (TPSA) is 64.3 Å². The lowest BCUT2D eigenvalue weighted by Crippen LogP contribution is -2.42. The van der Waals surface area contributed by atoms with Gasteiger partial charge in [0.25, 0.3) is 0 Å². The first-order chi connectivity index (χ1) is 9.74. The zero-order valence-electron chi connectivity index (χ0n) is 11.9. The van der Waals surface area contributed by atoms with Crippen LogP contribution in [0.25, 0.3) is 0 Å². The Morgan fingerprint density at radius 1 is 1.35 bits per heavy atom. The van der Waals surface area contributed by atoms with E-state index < -0.39 is 6.04 Å². The standard InChI is InChI=1S/C16H24N2O2/c1-2-3-12-20-13-11-18-16(19)15(17)10-9-14-7-5-4-6-8-14/h2,4-8,15H,1,3,9-13,17H2,(H,18,19). The molecular weight excluding hydrogens is 252 g/mol. The Hall–Kier alpha value is -1.65. The first kappa shape index (κ1) is 16.4. The number of benzene rings is 1. The highest BCUT2D eigenvalue weighted by Crippen LogP contribution is 2.03. The van der Waals surface area contributed by atoms with E-state index in [2.05, 4.69) is 11.9 Å². The third-order valence-corrected chi connectivity index (χ3v) is 2.94. The number of carbonyl (C=O) groups excluding carboxylic acids is 1. The maximum absolute atomic E-state index is 11.7. The van der Waals surface area contributed by atoms with Crippen LogP contribution in [-0.2, 0) is 16.0 Å². The maximum atomic E-state index is 11.7. The molecule has 0 saturated carbocycles. The molecule has 0 heterocycles. The van der Waals surface area contributed by atoms with Gasteiger partial charge in [-0.25, -0.2) is 0 Å². The van der Waals surface area contributed by atoms with Crippen molar-refractivity contribution in [1.29, 1.82) is 0 Å². The van der Waals surface area contributed by atoms with Gasteiger partial charge in [-0.2, -0.15) is 0 Å². The average molecular weight is 276 g/mol. The van der Waals surface area contributed by atoms with Crippen LogP contribution in [-0.4, -0.2) is 31.7 Å². The van der Waals surface area contributed by atoms with Gasteiger partial charge >= 0.3 is 0 Å². The van der Waals surface area contributed by atoms with Crippen LogP contribution in [0.2, 0.25) is 0 Å². The smallest absolute Gasteiger partial charge is 0.237 e. The summed E-state index contributed by atoms with van der Waals surface area (Å²) in [5.41, 5.74) is 7.06. The second-order valence-corrected chi connectivity index (χ2v) is 4.61. The molecule has 20 heavy (non-hydrogen) atoms. The number of nitrogens with one attached hydrogen (secondary N) is 1. The van der Waals surface area contributed by atoms with Crippen LogP contribution >= 0.6 is 0 Å². The second-order valence-electron chi connectivity index (χ2n) is 4.61. The Labute approximate surface area is 121 Å². The SMILES string of the molecule is C=CCCOCCNC(=O)C(N)CCc1ccccc1. The van der Waals surface area contributed by atoms with Crippen LogP contribution in [0.4, 0.5) is 0 Å². The van der Waals surface area contributed by atoms with Gasteiger partial charge in [0.15, 0.2) is 0 Å². The summed E-state index contributed by atoms with van der Waals surface area (Å²) in [5, 5.41) is 2.78. The number of nitrogens with two attached hydrogens (primary N) is 1. The maximum Gasteiger partial charge on any atom is 0.237 e. The molecule has 4 heteroatoms. The summed E-state index contributed by atoms with van der Waals surface area (Å²) in [4.78, 5) is 11.7. The fourth-order valence-electron chi connectivity index (χ4n) is 1.74. The number of hydrogen-bond donors (Lipinski definition) is 2. The minimum absolute atomic E-state index is 0.117. The van der Waals surface area contributed by atoms with E-state index in [1.807, 2.05) is 30.3 Å². The molecule has 0 aliphatic carbocycles. The van der Waals surface area contributed by atoms with Crippen LogP contribution in [0.15, 0.2) is 43.0 Å². The fraction of sp³-hybridized carbons (Fsp3) is 0.438. The molecule has 0 saturated heterocycles. The van der Waals surface area contributed by atoms with Crippen molar-refractivity contribution in [2.24, 2.45) is 5.73 Å². The van der Waals surface area contributed by atoms with E-state index in [0.717, 1.165) is 12.8 Å². The molecule has 0 fully saturated rings. The molecule has 1 unspecified atom stereocenters. The molecule has 110 valence electrons. The van der Waals surface area contributed by atoms with Crippen LogP contribution in [0.3, 0.4) is 0 Å². The summed E-state index contributed by atoms with van der Waals surface area (Å²) in [6.07, 6.45) is 4.08. The van der Waals surface area contributed by atoms with E-state index in [1.165, 1.54) is 5.56 Å². The van der Waals surface area contributed by atoms with Crippen LogP contribution in [0.1, 0.15) is 18.4 Å². The van der Waals surface area contributed by atoms with Crippen LogP contribution in [0.5, 0.6) is 0 Å². The summed E-state index contributed by atoms with van der Waals surface area (Å²) in [6.45, 7) is 5.25. The van der Waals surface area contributed by atoms with Gasteiger partial charge in [0.2, 0.25) is 5.91 Å². The number of aryl methyl sites for hydroxylation is 1. The second kappa shape index (κ2) is 10.2. The largest absolute Gasteiger partial charge is 0.379 e. The predicted molar refractivity (Wildman–Crippen MR) is 81.4 cm³/mol. The summed E-state index contributed by atoms with van der Waals surface area (Å²) < 4.78 is 5.31. The van der Waals surface area contributed by atoms with Gasteiger partial charge in [0, 0.05) is 6.54 Å². The lowest BCUT2D eigenvalue weighted by atomic mass is 10.1. The molecule has 1 atom stereocenters. The van der Waals surface area contributed by atoms with E-state index >= 15 is 0 Å². The quantitative estimate of drug-likeness (QED) is 0.504.